The Morgan fingerprint density at radius 2 is 1.89 bits per heavy atom. The number of likely N-dealkylation sites (N-methyl/N-ethyl adjacent to an activating group) is 1. The van der Waals surface area contributed by atoms with Crippen LogP contribution < -0.4 is 10.6 Å². The number of allylic oxidation sites excluding steroid dienone is 1. The molecular weight excluding hydrogens is 341 g/mol. The quantitative estimate of drug-likeness (QED) is 0.811. The summed E-state index contributed by atoms with van der Waals surface area (Å²) in [4.78, 5) is 14.3. The van der Waals surface area contributed by atoms with Gasteiger partial charge in [0.2, 0.25) is 0 Å². The largest absolute Gasteiger partial charge is 0.336 e. The second-order valence-corrected chi connectivity index (χ2v) is 7.27. The summed E-state index contributed by atoms with van der Waals surface area (Å²) in [6, 6.07) is 12.0. The van der Waals surface area contributed by atoms with Crippen LogP contribution in [0.25, 0.3) is 6.08 Å². The molecule has 5 heteroatoms. The normalized spacial score (nSPS) is 14.3. The molecule has 0 aromatic heterocycles. The molecule has 0 heterocycles. The molecule has 27 heavy (non-hydrogen) atoms. The fourth-order valence-electron chi connectivity index (χ4n) is 3.36. The minimum absolute atomic E-state index is 0.0706. The van der Waals surface area contributed by atoms with Crippen molar-refractivity contribution < 1.29 is 9.18 Å². The summed E-state index contributed by atoms with van der Waals surface area (Å²) in [6.07, 6.45) is 4.41. The molecule has 0 fully saturated rings. The van der Waals surface area contributed by atoms with Crippen molar-refractivity contribution in [2.75, 3.05) is 26.0 Å². The number of nitrogens with zero attached hydrogens (tertiary/aromatic N) is 1. The number of nitrogens with one attached hydrogen (secondary N) is 2. The van der Waals surface area contributed by atoms with Gasteiger partial charge in [-0.1, -0.05) is 29.8 Å². The number of halogens is 1. The first kappa shape index (κ1) is 19.1. The fraction of sp³-hybridized carbons (Fsp3) is 0.318. The Balaban J connectivity index is 1.66. The Morgan fingerprint density at radius 1 is 1.15 bits per heavy atom. The van der Waals surface area contributed by atoms with Crippen LogP contribution in [0.15, 0.2) is 48.0 Å². The van der Waals surface area contributed by atoms with Crippen LogP contribution >= 0.6 is 0 Å². The fourth-order valence-corrected chi connectivity index (χ4v) is 3.36. The van der Waals surface area contributed by atoms with Crippen LogP contribution in [-0.2, 0) is 6.42 Å². The highest BCUT2D eigenvalue weighted by Crippen LogP contribution is 2.27. The smallest absolute Gasteiger partial charge is 0.319 e. The third-order valence-electron chi connectivity index (χ3n) is 4.92. The van der Waals surface area contributed by atoms with Crippen LogP contribution in [0.3, 0.4) is 0 Å². The number of aryl methyl sites for hydroxylation is 1. The summed E-state index contributed by atoms with van der Waals surface area (Å²) in [7, 11) is 4.02. The van der Waals surface area contributed by atoms with Crippen molar-refractivity contribution in [1.29, 1.82) is 0 Å². The molecular formula is C22H26FN3O. The molecule has 2 aromatic carbocycles. The van der Waals surface area contributed by atoms with E-state index in [1.54, 1.807) is 0 Å². The van der Waals surface area contributed by atoms with Gasteiger partial charge in [-0.15, -0.1) is 0 Å². The highest BCUT2D eigenvalue weighted by molar-refractivity contribution is 5.89. The SMILES string of the molecule is CC1=Cc2ccc(C(CNC(=O)Nc3ccc(F)cc3)N(C)C)cc2CC1. The Morgan fingerprint density at radius 3 is 2.59 bits per heavy atom. The first-order valence-electron chi connectivity index (χ1n) is 9.19. The molecule has 1 atom stereocenters. The van der Waals surface area contributed by atoms with Crippen molar-refractivity contribution in [3.8, 4) is 0 Å². The lowest BCUT2D eigenvalue weighted by Gasteiger charge is -2.26. The van der Waals surface area contributed by atoms with Crippen LogP contribution in [0.4, 0.5) is 14.9 Å². The summed E-state index contributed by atoms with van der Waals surface area (Å²) < 4.78 is 13.0. The molecule has 0 saturated carbocycles. The number of anilines is 1. The summed E-state index contributed by atoms with van der Waals surface area (Å²) >= 11 is 0. The van der Waals surface area contributed by atoms with Gasteiger partial charge < -0.3 is 15.5 Å². The van der Waals surface area contributed by atoms with Gasteiger partial charge in [-0.2, -0.15) is 0 Å². The van der Waals surface area contributed by atoms with Gasteiger partial charge in [0.25, 0.3) is 0 Å². The maximum atomic E-state index is 13.0. The maximum Gasteiger partial charge on any atom is 0.319 e. The van der Waals surface area contributed by atoms with Gasteiger partial charge in [0.15, 0.2) is 0 Å². The summed E-state index contributed by atoms with van der Waals surface area (Å²) in [6.45, 7) is 2.65. The molecule has 1 aliphatic rings. The van der Waals surface area contributed by atoms with Gasteiger partial charge in [-0.05, 0) is 74.8 Å². The van der Waals surface area contributed by atoms with Crippen molar-refractivity contribution in [3.63, 3.8) is 0 Å². The zero-order valence-electron chi connectivity index (χ0n) is 16.1. The molecule has 0 radical (unpaired) electrons. The van der Waals surface area contributed by atoms with Gasteiger partial charge in [0, 0.05) is 12.2 Å². The average Bonchev–Trinajstić information content (AvgIpc) is 2.63. The van der Waals surface area contributed by atoms with E-state index in [2.05, 4.69) is 46.7 Å². The summed E-state index contributed by atoms with van der Waals surface area (Å²) in [5.74, 6) is -0.328. The zero-order chi connectivity index (χ0) is 19.4. The van der Waals surface area contributed by atoms with Crippen molar-refractivity contribution in [2.24, 2.45) is 0 Å². The molecule has 3 rings (SSSR count). The van der Waals surface area contributed by atoms with Gasteiger partial charge in [-0.3, -0.25) is 0 Å². The molecule has 4 nitrogen and oxygen atoms in total. The number of benzene rings is 2. The van der Waals surface area contributed by atoms with E-state index in [4.69, 9.17) is 0 Å². The lowest BCUT2D eigenvalue weighted by atomic mass is 9.90. The standard InChI is InChI=1S/C22H26FN3O/c1-15-4-5-17-13-18(7-6-16(17)12-15)21(26(2)3)14-24-22(27)25-20-10-8-19(23)9-11-20/h6-13,21H,4-5,14H2,1-3H3,(H2,24,25,27). The van der Waals surface area contributed by atoms with E-state index in [-0.39, 0.29) is 17.9 Å². The Hall–Kier alpha value is -2.66. The third kappa shape index (κ3) is 4.95. The zero-order valence-corrected chi connectivity index (χ0v) is 16.1. The predicted octanol–water partition coefficient (Wildman–Crippen LogP) is 4.60. The topological polar surface area (TPSA) is 44.4 Å². The van der Waals surface area contributed by atoms with Crippen LogP contribution in [0.2, 0.25) is 0 Å². The minimum Gasteiger partial charge on any atom is -0.336 e. The van der Waals surface area contributed by atoms with E-state index in [9.17, 15) is 9.18 Å². The number of rotatable bonds is 5. The van der Waals surface area contributed by atoms with Gasteiger partial charge in [0.1, 0.15) is 5.82 Å². The number of fused-ring (bicyclic) bond motifs is 1. The van der Waals surface area contributed by atoms with Crippen LogP contribution in [0.5, 0.6) is 0 Å². The van der Waals surface area contributed by atoms with Crippen molar-refractivity contribution in [1.82, 2.24) is 10.2 Å². The van der Waals surface area contributed by atoms with Crippen molar-refractivity contribution in [2.45, 2.75) is 25.8 Å². The van der Waals surface area contributed by atoms with Crippen LogP contribution in [-0.4, -0.2) is 31.6 Å². The molecule has 0 aliphatic heterocycles. The molecule has 2 aromatic rings. The van der Waals surface area contributed by atoms with Crippen LogP contribution in [0.1, 0.15) is 36.1 Å². The molecule has 2 N–H and O–H groups in total. The molecule has 0 spiro atoms. The minimum atomic E-state index is -0.328. The van der Waals surface area contributed by atoms with E-state index in [1.807, 2.05) is 14.1 Å². The van der Waals surface area contributed by atoms with Crippen molar-refractivity contribution >= 4 is 17.8 Å². The first-order chi connectivity index (χ1) is 12.9. The van der Waals surface area contributed by atoms with Crippen molar-refractivity contribution in [3.05, 3.63) is 70.5 Å². The summed E-state index contributed by atoms with van der Waals surface area (Å²) in [5, 5.41) is 5.64. The van der Waals surface area contributed by atoms with Crippen LogP contribution in [0, 0.1) is 5.82 Å². The maximum absolute atomic E-state index is 13.0. The molecule has 2 amide bonds. The Labute approximate surface area is 160 Å². The predicted molar refractivity (Wildman–Crippen MR) is 108 cm³/mol. The Kier molecular flexibility index (Phi) is 5.91. The molecule has 1 unspecified atom stereocenters. The van der Waals surface area contributed by atoms with Gasteiger partial charge >= 0.3 is 6.03 Å². The second kappa shape index (κ2) is 8.35. The highest BCUT2D eigenvalue weighted by Gasteiger charge is 2.18. The number of hydrogen-bond donors (Lipinski definition) is 2. The number of amides is 2. The van der Waals surface area contributed by atoms with E-state index in [0.717, 1.165) is 12.8 Å². The first-order valence-corrected chi connectivity index (χ1v) is 9.19. The Bertz CT molecular complexity index is 843. The lowest BCUT2D eigenvalue weighted by Crippen LogP contribution is -2.37. The second-order valence-electron chi connectivity index (χ2n) is 7.27. The lowest BCUT2D eigenvalue weighted by molar-refractivity contribution is 0.243. The van der Waals surface area contributed by atoms with E-state index in [1.165, 1.54) is 46.5 Å². The van der Waals surface area contributed by atoms with E-state index >= 15 is 0 Å². The van der Waals surface area contributed by atoms with E-state index < -0.39 is 0 Å². The average molecular weight is 367 g/mol. The number of carbonyl (C=O) groups is 1. The number of urea groups is 1. The van der Waals surface area contributed by atoms with E-state index in [0.29, 0.717) is 12.2 Å². The molecule has 0 bridgehead atoms. The molecule has 142 valence electrons. The number of carbonyl (C=O) groups excluding carboxylic acids is 1. The number of hydrogen-bond acceptors (Lipinski definition) is 2. The molecule has 0 saturated heterocycles. The van der Waals surface area contributed by atoms with Gasteiger partial charge in [-0.25, -0.2) is 9.18 Å². The van der Waals surface area contributed by atoms with Gasteiger partial charge in [0.05, 0.1) is 6.04 Å². The molecule has 1 aliphatic carbocycles. The summed E-state index contributed by atoms with van der Waals surface area (Å²) in [5.41, 5.74) is 5.82. The highest BCUT2D eigenvalue weighted by atomic mass is 19.1. The third-order valence-corrected chi connectivity index (χ3v) is 4.92. The monoisotopic (exact) mass is 367 g/mol.